The molecule has 4 nitrogen and oxygen atoms in total. The van der Waals surface area contributed by atoms with E-state index in [4.69, 9.17) is 14.2 Å². The molecular weight excluding hydrogens is 230 g/mol. The lowest BCUT2D eigenvalue weighted by atomic mass is 10.2. The largest absolute Gasteiger partial charge is 0.454 e. The van der Waals surface area contributed by atoms with Crippen LogP contribution in [-0.4, -0.2) is 26.5 Å². The Morgan fingerprint density at radius 1 is 1.33 bits per heavy atom. The molecule has 1 N–H and O–H groups in total. The van der Waals surface area contributed by atoms with Crippen molar-refractivity contribution < 1.29 is 14.2 Å². The highest BCUT2D eigenvalue weighted by Gasteiger charge is 2.13. The van der Waals surface area contributed by atoms with Crippen LogP contribution in [0.2, 0.25) is 0 Å². The smallest absolute Gasteiger partial charge is 0.231 e. The van der Waals surface area contributed by atoms with Gasteiger partial charge in [0.2, 0.25) is 6.79 Å². The second-order valence-electron chi connectivity index (χ2n) is 4.56. The van der Waals surface area contributed by atoms with Crippen LogP contribution in [0, 0.1) is 0 Å². The second kappa shape index (κ2) is 6.61. The van der Waals surface area contributed by atoms with Crippen molar-refractivity contribution in [3.63, 3.8) is 0 Å². The van der Waals surface area contributed by atoms with Crippen molar-refractivity contribution in [1.82, 2.24) is 5.32 Å². The van der Waals surface area contributed by atoms with Crippen LogP contribution in [0.1, 0.15) is 25.3 Å². The van der Waals surface area contributed by atoms with Crippen molar-refractivity contribution in [1.29, 1.82) is 0 Å². The summed E-state index contributed by atoms with van der Waals surface area (Å²) < 4.78 is 16.4. The molecule has 0 saturated carbocycles. The monoisotopic (exact) mass is 251 g/mol. The van der Waals surface area contributed by atoms with E-state index < -0.39 is 0 Å². The zero-order valence-corrected chi connectivity index (χ0v) is 11.1. The molecule has 1 aromatic carbocycles. The van der Waals surface area contributed by atoms with Crippen LogP contribution in [0.25, 0.3) is 0 Å². The van der Waals surface area contributed by atoms with E-state index in [1.54, 1.807) is 0 Å². The molecule has 0 spiro atoms. The van der Waals surface area contributed by atoms with E-state index in [0.29, 0.717) is 13.4 Å². The van der Waals surface area contributed by atoms with Crippen LogP contribution >= 0.6 is 0 Å². The fourth-order valence-corrected chi connectivity index (χ4v) is 1.92. The molecule has 1 atom stereocenters. The van der Waals surface area contributed by atoms with Gasteiger partial charge in [-0.05, 0) is 51.1 Å². The predicted octanol–water partition coefficient (Wildman–Crippen LogP) is 2.32. The van der Waals surface area contributed by atoms with E-state index in [1.807, 2.05) is 25.2 Å². The van der Waals surface area contributed by atoms with Crippen LogP contribution in [0.15, 0.2) is 18.2 Å². The Labute approximate surface area is 108 Å². The van der Waals surface area contributed by atoms with Gasteiger partial charge in [-0.1, -0.05) is 6.07 Å². The minimum absolute atomic E-state index is 0.281. The minimum atomic E-state index is 0.281. The van der Waals surface area contributed by atoms with Crippen LogP contribution in [0.4, 0.5) is 0 Å². The van der Waals surface area contributed by atoms with Crippen molar-refractivity contribution in [3.05, 3.63) is 23.8 Å². The highest BCUT2D eigenvalue weighted by molar-refractivity contribution is 5.44. The van der Waals surface area contributed by atoms with Gasteiger partial charge in [-0.3, -0.25) is 0 Å². The first-order valence-corrected chi connectivity index (χ1v) is 6.44. The molecule has 0 saturated heterocycles. The summed E-state index contributed by atoms with van der Waals surface area (Å²) in [6, 6.07) is 5.95. The molecule has 1 aliphatic rings. The molecule has 0 amide bonds. The third kappa shape index (κ3) is 3.62. The van der Waals surface area contributed by atoms with E-state index in [1.165, 1.54) is 0 Å². The van der Waals surface area contributed by atoms with Gasteiger partial charge in [0, 0.05) is 0 Å². The number of hydrogen-bond donors (Lipinski definition) is 1. The Bertz CT molecular complexity index is 381. The van der Waals surface area contributed by atoms with Gasteiger partial charge in [0.1, 0.15) is 0 Å². The van der Waals surface area contributed by atoms with Gasteiger partial charge in [0.25, 0.3) is 0 Å². The number of benzene rings is 1. The van der Waals surface area contributed by atoms with Gasteiger partial charge in [-0.15, -0.1) is 0 Å². The normalized spacial score (nSPS) is 14.8. The third-order valence-electron chi connectivity index (χ3n) is 3.01. The fourth-order valence-electron chi connectivity index (χ4n) is 1.92. The van der Waals surface area contributed by atoms with Gasteiger partial charge in [-0.2, -0.15) is 0 Å². The Morgan fingerprint density at radius 3 is 3.00 bits per heavy atom. The molecule has 4 heteroatoms. The topological polar surface area (TPSA) is 39.7 Å². The van der Waals surface area contributed by atoms with Crippen LogP contribution in [0.5, 0.6) is 11.5 Å². The van der Waals surface area contributed by atoms with Crippen molar-refractivity contribution in [2.24, 2.45) is 0 Å². The Morgan fingerprint density at radius 2 is 2.17 bits per heavy atom. The lowest BCUT2D eigenvalue weighted by molar-refractivity contribution is 0.0464. The van der Waals surface area contributed by atoms with Gasteiger partial charge in [0.15, 0.2) is 11.5 Å². The summed E-state index contributed by atoms with van der Waals surface area (Å²) in [7, 11) is 1.97. The average Bonchev–Trinajstić information content (AvgIpc) is 2.84. The predicted molar refractivity (Wildman–Crippen MR) is 70.0 cm³/mol. The van der Waals surface area contributed by atoms with Gasteiger partial charge in [0.05, 0.1) is 12.7 Å². The van der Waals surface area contributed by atoms with Crippen molar-refractivity contribution >= 4 is 0 Å². The van der Waals surface area contributed by atoms with Crippen LogP contribution in [0.3, 0.4) is 0 Å². The summed E-state index contributed by atoms with van der Waals surface area (Å²) in [5.74, 6) is 1.64. The summed E-state index contributed by atoms with van der Waals surface area (Å²) in [5.41, 5.74) is 1.12. The lowest BCUT2D eigenvalue weighted by Crippen LogP contribution is -2.13. The molecule has 1 aromatic rings. The summed E-state index contributed by atoms with van der Waals surface area (Å²) >= 11 is 0. The Kier molecular flexibility index (Phi) is 4.84. The van der Waals surface area contributed by atoms with Gasteiger partial charge >= 0.3 is 0 Å². The molecule has 100 valence electrons. The maximum Gasteiger partial charge on any atom is 0.231 e. The molecule has 1 heterocycles. The average molecular weight is 251 g/mol. The molecule has 0 radical (unpaired) electrons. The minimum Gasteiger partial charge on any atom is -0.454 e. The molecule has 1 unspecified atom stereocenters. The quantitative estimate of drug-likeness (QED) is 0.755. The van der Waals surface area contributed by atoms with Crippen LogP contribution in [-0.2, 0) is 11.3 Å². The molecule has 18 heavy (non-hydrogen) atoms. The first-order valence-electron chi connectivity index (χ1n) is 6.44. The summed E-state index contributed by atoms with van der Waals surface area (Å²) in [4.78, 5) is 0. The molecule has 0 aliphatic carbocycles. The SMILES string of the molecule is CNCCCC(C)OCc1ccc2c(c1)OCO2. The number of fused-ring (bicyclic) bond motifs is 1. The first kappa shape index (κ1) is 13.2. The molecular formula is C14H21NO3. The van der Waals surface area contributed by atoms with Crippen molar-refractivity contribution in [2.45, 2.75) is 32.5 Å². The lowest BCUT2D eigenvalue weighted by Gasteiger charge is -2.13. The summed E-state index contributed by atoms with van der Waals surface area (Å²) in [6.45, 7) is 4.10. The molecule has 2 rings (SSSR count). The van der Waals surface area contributed by atoms with Crippen molar-refractivity contribution in [3.8, 4) is 11.5 Å². The van der Waals surface area contributed by atoms with Gasteiger partial charge in [-0.25, -0.2) is 0 Å². The van der Waals surface area contributed by atoms with Crippen LogP contribution < -0.4 is 14.8 Å². The summed E-state index contributed by atoms with van der Waals surface area (Å²) in [6.07, 6.45) is 2.49. The van der Waals surface area contributed by atoms with Gasteiger partial charge < -0.3 is 19.5 Å². The Hall–Kier alpha value is -1.26. The second-order valence-corrected chi connectivity index (χ2v) is 4.56. The molecule has 0 fully saturated rings. The number of nitrogens with one attached hydrogen (secondary N) is 1. The standard InChI is InChI=1S/C14H21NO3/c1-11(4-3-7-15-2)16-9-12-5-6-13-14(8-12)18-10-17-13/h5-6,8,11,15H,3-4,7,9-10H2,1-2H3. The first-order chi connectivity index (χ1) is 8.79. The zero-order valence-electron chi connectivity index (χ0n) is 11.1. The Balaban J connectivity index is 1.76. The number of hydrogen-bond acceptors (Lipinski definition) is 4. The zero-order chi connectivity index (χ0) is 12.8. The van der Waals surface area contributed by atoms with E-state index in [2.05, 4.69) is 12.2 Å². The van der Waals surface area contributed by atoms with E-state index in [9.17, 15) is 0 Å². The highest BCUT2D eigenvalue weighted by Crippen LogP contribution is 2.32. The highest BCUT2D eigenvalue weighted by atomic mass is 16.7. The number of rotatable bonds is 7. The maximum atomic E-state index is 5.81. The summed E-state index contributed by atoms with van der Waals surface area (Å²) in [5, 5.41) is 3.14. The fraction of sp³-hybridized carbons (Fsp3) is 0.571. The third-order valence-corrected chi connectivity index (χ3v) is 3.01. The molecule has 1 aliphatic heterocycles. The van der Waals surface area contributed by atoms with E-state index in [0.717, 1.165) is 36.4 Å². The maximum absolute atomic E-state index is 5.81. The van der Waals surface area contributed by atoms with E-state index in [-0.39, 0.29) is 6.10 Å². The van der Waals surface area contributed by atoms with Crippen molar-refractivity contribution in [2.75, 3.05) is 20.4 Å². The molecule has 0 aromatic heterocycles. The molecule has 0 bridgehead atoms. The number of ether oxygens (including phenoxy) is 3. The van der Waals surface area contributed by atoms with E-state index >= 15 is 0 Å².